The Balaban J connectivity index is 2.83. The van der Waals surface area contributed by atoms with E-state index in [4.69, 9.17) is 10.5 Å². The third-order valence-electron chi connectivity index (χ3n) is 3.00. The number of Topliss-reactive ketones (excluding diaryl/α,β-unsaturated/α-hetero) is 1. The molecule has 3 nitrogen and oxygen atoms in total. The number of ketones is 1. The smallest absolute Gasteiger partial charge is 0.145 e. The highest BCUT2D eigenvalue weighted by Gasteiger charge is 2.43. The molecule has 1 saturated heterocycles. The van der Waals surface area contributed by atoms with Crippen molar-refractivity contribution >= 4 is 5.78 Å². The molecule has 0 unspecified atom stereocenters. The van der Waals surface area contributed by atoms with Gasteiger partial charge in [-0.15, -0.1) is 0 Å². The van der Waals surface area contributed by atoms with E-state index in [1.54, 1.807) is 0 Å². The molecule has 1 rings (SSSR count). The second-order valence-corrected chi connectivity index (χ2v) is 5.18. The Morgan fingerprint density at radius 2 is 1.86 bits per heavy atom. The number of hydrogen-bond acceptors (Lipinski definition) is 3. The molecule has 0 aromatic heterocycles. The molecule has 2 N–H and O–H groups in total. The number of ether oxygens (including phenoxy) is 1. The van der Waals surface area contributed by atoms with Crippen molar-refractivity contribution in [1.29, 1.82) is 0 Å². The van der Waals surface area contributed by atoms with E-state index in [9.17, 15) is 4.79 Å². The molecule has 0 aromatic rings. The summed E-state index contributed by atoms with van der Waals surface area (Å²) in [5.74, 6) is 0.288. The Hall–Kier alpha value is -0.410. The average molecular weight is 199 g/mol. The molecule has 82 valence electrons. The van der Waals surface area contributed by atoms with Gasteiger partial charge in [-0.2, -0.15) is 0 Å². The second-order valence-electron chi connectivity index (χ2n) is 5.18. The predicted molar refractivity (Wildman–Crippen MR) is 56.0 cm³/mol. The molecule has 0 atom stereocenters. The van der Waals surface area contributed by atoms with E-state index < -0.39 is 0 Å². The van der Waals surface area contributed by atoms with E-state index >= 15 is 0 Å². The third kappa shape index (κ3) is 2.15. The van der Waals surface area contributed by atoms with Crippen molar-refractivity contribution < 1.29 is 9.53 Å². The van der Waals surface area contributed by atoms with Gasteiger partial charge in [0.25, 0.3) is 0 Å². The third-order valence-corrected chi connectivity index (χ3v) is 3.00. The first kappa shape index (κ1) is 11.7. The van der Waals surface area contributed by atoms with Gasteiger partial charge in [-0.1, -0.05) is 20.8 Å². The minimum absolute atomic E-state index is 0.288. The van der Waals surface area contributed by atoms with Crippen molar-refractivity contribution in [1.82, 2.24) is 0 Å². The van der Waals surface area contributed by atoms with Crippen LogP contribution in [0.15, 0.2) is 0 Å². The fourth-order valence-electron chi connectivity index (χ4n) is 2.08. The fraction of sp³-hybridized carbons (Fsp3) is 0.909. The van der Waals surface area contributed by atoms with Gasteiger partial charge in [-0.3, -0.25) is 4.79 Å². The SMILES string of the molecule is CC(C)(C)C(=O)C1(CN)CCOCC1. The zero-order valence-electron chi connectivity index (χ0n) is 9.43. The van der Waals surface area contributed by atoms with Gasteiger partial charge in [-0.25, -0.2) is 0 Å². The van der Waals surface area contributed by atoms with E-state index in [0.717, 1.165) is 12.8 Å². The van der Waals surface area contributed by atoms with Crippen molar-refractivity contribution in [3.8, 4) is 0 Å². The van der Waals surface area contributed by atoms with Crippen LogP contribution in [0.4, 0.5) is 0 Å². The van der Waals surface area contributed by atoms with Gasteiger partial charge in [0.15, 0.2) is 0 Å². The van der Waals surface area contributed by atoms with Gasteiger partial charge < -0.3 is 10.5 Å². The molecule has 14 heavy (non-hydrogen) atoms. The normalized spacial score (nSPS) is 22.0. The van der Waals surface area contributed by atoms with Crippen molar-refractivity contribution in [3.05, 3.63) is 0 Å². The van der Waals surface area contributed by atoms with Crippen LogP contribution < -0.4 is 5.73 Å². The van der Waals surface area contributed by atoms with Gasteiger partial charge in [0.2, 0.25) is 0 Å². The summed E-state index contributed by atoms with van der Waals surface area (Å²) in [5.41, 5.74) is 5.14. The Kier molecular flexibility index (Phi) is 3.32. The standard InChI is InChI=1S/C11H21NO2/c1-10(2,3)9(13)11(8-12)4-6-14-7-5-11/h4-8,12H2,1-3H3. The van der Waals surface area contributed by atoms with E-state index in [-0.39, 0.29) is 16.6 Å². The van der Waals surface area contributed by atoms with E-state index in [1.165, 1.54) is 0 Å². The first-order valence-electron chi connectivity index (χ1n) is 5.25. The molecule has 0 saturated carbocycles. The summed E-state index contributed by atoms with van der Waals surface area (Å²) in [6.07, 6.45) is 1.55. The maximum Gasteiger partial charge on any atom is 0.145 e. The molecule has 0 bridgehead atoms. The highest BCUT2D eigenvalue weighted by Crippen LogP contribution is 2.37. The summed E-state index contributed by atoms with van der Waals surface area (Å²) in [6.45, 7) is 7.66. The van der Waals surface area contributed by atoms with Crippen molar-refractivity contribution in [2.24, 2.45) is 16.6 Å². The zero-order valence-corrected chi connectivity index (χ0v) is 9.43. The van der Waals surface area contributed by atoms with Crippen LogP contribution in [0.5, 0.6) is 0 Å². The lowest BCUT2D eigenvalue weighted by molar-refractivity contribution is -0.141. The number of rotatable bonds is 2. The van der Waals surface area contributed by atoms with Gasteiger partial charge in [-0.05, 0) is 12.8 Å². The molecule has 1 aliphatic heterocycles. The topological polar surface area (TPSA) is 52.3 Å². The van der Waals surface area contributed by atoms with Crippen LogP contribution in [-0.4, -0.2) is 25.5 Å². The number of carbonyl (C=O) groups excluding carboxylic acids is 1. The summed E-state index contributed by atoms with van der Waals surface area (Å²) >= 11 is 0. The summed E-state index contributed by atoms with van der Waals surface area (Å²) in [4.78, 5) is 12.2. The van der Waals surface area contributed by atoms with Crippen molar-refractivity contribution in [2.75, 3.05) is 19.8 Å². The fourth-order valence-corrected chi connectivity index (χ4v) is 2.08. The first-order valence-corrected chi connectivity index (χ1v) is 5.25. The van der Waals surface area contributed by atoms with Gasteiger partial charge >= 0.3 is 0 Å². The van der Waals surface area contributed by atoms with Crippen LogP contribution in [-0.2, 0) is 9.53 Å². The van der Waals surface area contributed by atoms with E-state index in [2.05, 4.69) is 0 Å². The summed E-state index contributed by atoms with van der Waals surface area (Å²) < 4.78 is 5.28. The molecule has 0 amide bonds. The van der Waals surface area contributed by atoms with Gasteiger partial charge in [0.05, 0.1) is 0 Å². The quantitative estimate of drug-likeness (QED) is 0.730. The number of carbonyl (C=O) groups is 1. The molecular formula is C11H21NO2. The highest BCUT2D eigenvalue weighted by atomic mass is 16.5. The lowest BCUT2D eigenvalue weighted by Gasteiger charge is -2.39. The van der Waals surface area contributed by atoms with Crippen LogP contribution in [0, 0.1) is 10.8 Å². The van der Waals surface area contributed by atoms with E-state index in [1.807, 2.05) is 20.8 Å². The van der Waals surface area contributed by atoms with Crippen LogP contribution in [0.2, 0.25) is 0 Å². The Bertz CT molecular complexity index is 212. The first-order chi connectivity index (χ1) is 6.42. The predicted octanol–water partition coefficient (Wildman–Crippen LogP) is 1.36. The molecule has 3 heteroatoms. The largest absolute Gasteiger partial charge is 0.381 e. The molecule has 0 spiro atoms. The second kappa shape index (κ2) is 3.99. The van der Waals surface area contributed by atoms with Crippen LogP contribution in [0.3, 0.4) is 0 Å². The lowest BCUT2D eigenvalue weighted by Crippen LogP contribution is -2.48. The summed E-state index contributed by atoms with van der Waals surface area (Å²) in [5, 5.41) is 0. The van der Waals surface area contributed by atoms with Crippen molar-refractivity contribution in [3.63, 3.8) is 0 Å². The minimum Gasteiger partial charge on any atom is -0.381 e. The van der Waals surface area contributed by atoms with Gasteiger partial charge in [0, 0.05) is 30.6 Å². The monoisotopic (exact) mass is 199 g/mol. The minimum atomic E-state index is -0.323. The molecular weight excluding hydrogens is 178 g/mol. The number of nitrogens with two attached hydrogens (primary N) is 1. The van der Waals surface area contributed by atoms with Gasteiger partial charge in [0.1, 0.15) is 5.78 Å². The summed E-state index contributed by atoms with van der Waals surface area (Å²) in [6, 6.07) is 0. The molecule has 0 aromatic carbocycles. The Morgan fingerprint density at radius 1 is 1.36 bits per heavy atom. The Labute approximate surface area is 86.0 Å². The molecule has 0 aliphatic carbocycles. The van der Waals surface area contributed by atoms with Crippen LogP contribution in [0.25, 0.3) is 0 Å². The highest BCUT2D eigenvalue weighted by molar-refractivity contribution is 5.89. The van der Waals surface area contributed by atoms with Crippen LogP contribution in [0.1, 0.15) is 33.6 Å². The van der Waals surface area contributed by atoms with E-state index in [0.29, 0.717) is 19.8 Å². The molecule has 0 radical (unpaired) electrons. The maximum atomic E-state index is 12.2. The molecule has 1 aliphatic rings. The number of hydrogen-bond donors (Lipinski definition) is 1. The average Bonchev–Trinajstić information content (AvgIpc) is 2.16. The summed E-state index contributed by atoms with van der Waals surface area (Å²) in [7, 11) is 0. The zero-order chi connectivity index (χ0) is 10.8. The van der Waals surface area contributed by atoms with Crippen LogP contribution >= 0.6 is 0 Å². The van der Waals surface area contributed by atoms with Crippen molar-refractivity contribution in [2.45, 2.75) is 33.6 Å². The molecule has 1 heterocycles. The Morgan fingerprint density at radius 3 is 2.21 bits per heavy atom. The maximum absolute atomic E-state index is 12.2. The lowest BCUT2D eigenvalue weighted by atomic mass is 9.68. The molecule has 1 fully saturated rings.